The van der Waals surface area contributed by atoms with E-state index in [0.29, 0.717) is 22.9 Å². The zero-order valence-corrected chi connectivity index (χ0v) is 11.0. The highest BCUT2D eigenvalue weighted by atomic mass is 16.5. The number of nitrogens with one attached hydrogen (secondary N) is 2. The highest BCUT2D eigenvalue weighted by Crippen LogP contribution is 2.29. The number of nitrogens with zero attached hydrogens (tertiary/aromatic N) is 1. The molecule has 2 rings (SSSR count). The molecule has 0 saturated carbocycles. The van der Waals surface area contributed by atoms with E-state index in [9.17, 15) is 4.79 Å². The smallest absolute Gasteiger partial charge is 0.257 e. The van der Waals surface area contributed by atoms with Crippen molar-refractivity contribution in [3.05, 3.63) is 35.5 Å². The van der Waals surface area contributed by atoms with Crippen molar-refractivity contribution in [2.75, 3.05) is 19.5 Å². The maximum absolute atomic E-state index is 12.1. The monoisotopic (exact) mass is 261 g/mol. The summed E-state index contributed by atoms with van der Waals surface area (Å²) in [5, 5.41) is 9.12. The molecule has 1 aromatic heterocycles. The highest BCUT2D eigenvalue weighted by Gasteiger charge is 2.14. The summed E-state index contributed by atoms with van der Waals surface area (Å²) in [6, 6.07) is 5.01. The summed E-state index contributed by atoms with van der Waals surface area (Å²) in [5.41, 5.74) is 1.30. The molecule has 2 aromatic rings. The molecule has 100 valence electrons. The van der Waals surface area contributed by atoms with Crippen molar-refractivity contribution in [1.29, 1.82) is 0 Å². The van der Waals surface area contributed by atoms with Crippen LogP contribution in [-0.2, 0) is 0 Å². The zero-order chi connectivity index (χ0) is 13.8. The van der Waals surface area contributed by atoms with Crippen molar-refractivity contribution in [1.82, 2.24) is 10.2 Å². The van der Waals surface area contributed by atoms with Gasteiger partial charge in [-0.3, -0.25) is 9.89 Å². The Morgan fingerprint density at radius 2 is 1.89 bits per heavy atom. The lowest BCUT2D eigenvalue weighted by Crippen LogP contribution is -2.13. The third kappa shape index (κ3) is 2.67. The molecule has 0 aliphatic heterocycles. The molecule has 0 fully saturated rings. The summed E-state index contributed by atoms with van der Waals surface area (Å²) in [7, 11) is 3.11. The quantitative estimate of drug-likeness (QED) is 0.882. The topological polar surface area (TPSA) is 76.2 Å². The van der Waals surface area contributed by atoms with Gasteiger partial charge in [-0.25, -0.2) is 0 Å². The first-order chi connectivity index (χ1) is 9.15. The van der Waals surface area contributed by atoms with Gasteiger partial charge >= 0.3 is 0 Å². The van der Waals surface area contributed by atoms with E-state index >= 15 is 0 Å². The Morgan fingerprint density at radius 1 is 1.26 bits per heavy atom. The number of amides is 1. The van der Waals surface area contributed by atoms with Crippen LogP contribution in [0, 0.1) is 6.92 Å². The summed E-state index contributed by atoms with van der Waals surface area (Å²) in [6.07, 6.45) is 1.56. The van der Waals surface area contributed by atoms with Crippen LogP contribution in [-0.4, -0.2) is 30.3 Å². The van der Waals surface area contributed by atoms with Gasteiger partial charge in [0.1, 0.15) is 17.3 Å². The van der Waals surface area contributed by atoms with Crippen LogP contribution in [0.3, 0.4) is 0 Å². The van der Waals surface area contributed by atoms with Gasteiger partial charge in [0.2, 0.25) is 0 Å². The average molecular weight is 261 g/mol. The largest absolute Gasteiger partial charge is 0.496 e. The highest BCUT2D eigenvalue weighted by molar-refractivity contribution is 6.04. The third-order valence-corrected chi connectivity index (χ3v) is 2.76. The Kier molecular flexibility index (Phi) is 3.70. The maximum Gasteiger partial charge on any atom is 0.257 e. The van der Waals surface area contributed by atoms with Gasteiger partial charge in [0.15, 0.2) is 0 Å². The minimum atomic E-state index is -0.263. The summed E-state index contributed by atoms with van der Waals surface area (Å²) in [6.45, 7) is 1.87. The number of methoxy groups -OCH3 is 2. The first-order valence-electron chi connectivity index (χ1n) is 5.69. The van der Waals surface area contributed by atoms with E-state index in [1.54, 1.807) is 38.6 Å². The summed E-state index contributed by atoms with van der Waals surface area (Å²) >= 11 is 0. The molecule has 0 bridgehead atoms. The van der Waals surface area contributed by atoms with Gasteiger partial charge in [0.25, 0.3) is 5.91 Å². The Labute approximate surface area is 110 Å². The Morgan fingerprint density at radius 3 is 2.37 bits per heavy atom. The SMILES string of the molecule is COc1cc(C(=O)Nc2ccn[nH]2)cc(OC)c1C. The van der Waals surface area contributed by atoms with Crippen molar-refractivity contribution in [2.24, 2.45) is 0 Å². The van der Waals surface area contributed by atoms with Crippen molar-refractivity contribution in [2.45, 2.75) is 6.92 Å². The molecule has 6 nitrogen and oxygen atoms in total. The molecular weight excluding hydrogens is 246 g/mol. The van der Waals surface area contributed by atoms with Crippen LogP contribution < -0.4 is 14.8 Å². The average Bonchev–Trinajstić information content (AvgIpc) is 2.91. The number of carbonyl (C=O) groups is 1. The van der Waals surface area contributed by atoms with E-state index in [0.717, 1.165) is 5.56 Å². The number of ether oxygens (including phenoxy) is 2. The fraction of sp³-hybridized carbons (Fsp3) is 0.231. The molecule has 19 heavy (non-hydrogen) atoms. The van der Waals surface area contributed by atoms with Crippen molar-refractivity contribution >= 4 is 11.7 Å². The number of benzene rings is 1. The number of aromatic nitrogens is 2. The van der Waals surface area contributed by atoms with Crippen LogP contribution in [0.5, 0.6) is 11.5 Å². The van der Waals surface area contributed by atoms with Crippen LogP contribution in [0.2, 0.25) is 0 Å². The second-order valence-corrected chi connectivity index (χ2v) is 3.93. The number of rotatable bonds is 4. The number of H-pyrrole nitrogens is 1. The fourth-order valence-electron chi connectivity index (χ4n) is 1.74. The number of anilines is 1. The Balaban J connectivity index is 2.31. The van der Waals surface area contributed by atoms with Gasteiger partial charge in [-0.15, -0.1) is 0 Å². The van der Waals surface area contributed by atoms with E-state index in [2.05, 4.69) is 15.5 Å². The van der Waals surface area contributed by atoms with Crippen LogP contribution in [0.1, 0.15) is 15.9 Å². The molecule has 0 atom stereocenters. The van der Waals surface area contributed by atoms with E-state index < -0.39 is 0 Å². The molecular formula is C13H15N3O3. The Hall–Kier alpha value is -2.50. The van der Waals surface area contributed by atoms with Gasteiger partial charge in [0.05, 0.1) is 20.4 Å². The predicted octanol–water partition coefficient (Wildman–Crippen LogP) is 1.99. The number of hydrogen-bond donors (Lipinski definition) is 2. The molecule has 1 amide bonds. The van der Waals surface area contributed by atoms with Gasteiger partial charge in [-0.1, -0.05) is 0 Å². The lowest BCUT2D eigenvalue weighted by Gasteiger charge is -2.12. The second-order valence-electron chi connectivity index (χ2n) is 3.93. The normalized spacial score (nSPS) is 10.1. The lowest BCUT2D eigenvalue weighted by atomic mass is 10.1. The van der Waals surface area contributed by atoms with Crippen molar-refractivity contribution < 1.29 is 14.3 Å². The summed E-state index contributed by atoms with van der Waals surface area (Å²) < 4.78 is 10.5. The van der Waals surface area contributed by atoms with E-state index in [1.807, 2.05) is 6.92 Å². The first-order valence-corrected chi connectivity index (χ1v) is 5.69. The molecule has 0 aliphatic carbocycles. The van der Waals surface area contributed by atoms with E-state index in [4.69, 9.17) is 9.47 Å². The lowest BCUT2D eigenvalue weighted by molar-refractivity contribution is 0.102. The van der Waals surface area contributed by atoms with Crippen LogP contribution in [0.25, 0.3) is 0 Å². The van der Waals surface area contributed by atoms with Crippen LogP contribution >= 0.6 is 0 Å². The van der Waals surface area contributed by atoms with Gasteiger partial charge in [0, 0.05) is 17.2 Å². The van der Waals surface area contributed by atoms with Gasteiger partial charge in [-0.2, -0.15) is 5.10 Å². The van der Waals surface area contributed by atoms with Crippen LogP contribution in [0.15, 0.2) is 24.4 Å². The molecule has 1 aromatic carbocycles. The minimum absolute atomic E-state index is 0.263. The number of carbonyl (C=O) groups excluding carboxylic acids is 1. The molecule has 0 saturated heterocycles. The molecule has 1 heterocycles. The van der Waals surface area contributed by atoms with Crippen molar-refractivity contribution in [3.63, 3.8) is 0 Å². The summed E-state index contributed by atoms with van der Waals surface area (Å²) in [5.74, 6) is 1.48. The third-order valence-electron chi connectivity index (χ3n) is 2.76. The van der Waals surface area contributed by atoms with Crippen molar-refractivity contribution in [3.8, 4) is 11.5 Å². The van der Waals surface area contributed by atoms with Gasteiger partial charge < -0.3 is 14.8 Å². The fourth-order valence-corrected chi connectivity index (χ4v) is 1.74. The van der Waals surface area contributed by atoms with Gasteiger partial charge in [-0.05, 0) is 19.1 Å². The number of aromatic amines is 1. The maximum atomic E-state index is 12.1. The number of hydrogen-bond acceptors (Lipinski definition) is 4. The molecule has 0 aliphatic rings. The Bertz CT molecular complexity index is 554. The molecule has 0 spiro atoms. The molecule has 6 heteroatoms. The first kappa shape index (κ1) is 12.9. The minimum Gasteiger partial charge on any atom is -0.496 e. The van der Waals surface area contributed by atoms with E-state index in [-0.39, 0.29) is 5.91 Å². The standard InChI is InChI=1S/C13H15N3O3/c1-8-10(18-2)6-9(7-11(8)19-3)13(17)15-12-4-5-14-16-12/h4-7H,1-3H3,(H2,14,15,16,17). The zero-order valence-electron chi connectivity index (χ0n) is 11.0. The predicted molar refractivity (Wildman–Crippen MR) is 70.8 cm³/mol. The second kappa shape index (κ2) is 5.43. The van der Waals surface area contributed by atoms with E-state index in [1.165, 1.54) is 0 Å². The molecule has 0 radical (unpaired) electrons. The van der Waals surface area contributed by atoms with Crippen LogP contribution in [0.4, 0.5) is 5.82 Å². The molecule has 2 N–H and O–H groups in total. The molecule has 0 unspecified atom stereocenters. The summed E-state index contributed by atoms with van der Waals surface area (Å²) in [4.78, 5) is 12.1.